The molecule has 1 saturated heterocycles. The zero-order chi connectivity index (χ0) is 26.3. The molecule has 1 amide bonds. The van der Waals surface area contributed by atoms with E-state index in [0.717, 1.165) is 0 Å². The van der Waals surface area contributed by atoms with Gasteiger partial charge in [-0.25, -0.2) is 4.39 Å². The highest BCUT2D eigenvalue weighted by atomic mass is 19.4. The monoisotopic (exact) mass is 517 g/mol. The number of likely N-dealkylation sites (tertiary alicyclic amines) is 1. The van der Waals surface area contributed by atoms with Crippen LogP contribution in [-0.2, 0) is 4.79 Å². The van der Waals surface area contributed by atoms with Crippen LogP contribution in [0.1, 0.15) is 30.1 Å². The summed E-state index contributed by atoms with van der Waals surface area (Å²) in [4.78, 5) is 19.6. The Morgan fingerprint density at radius 2 is 1.81 bits per heavy atom. The summed E-state index contributed by atoms with van der Waals surface area (Å²) in [5, 5.41) is 2.97. The average Bonchev–Trinajstić information content (AvgIpc) is 2.88. The van der Waals surface area contributed by atoms with Gasteiger partial charge in [-0.1, -0.05) is 30.3 Å². The number of benzene rings is 2. The second kappa shape index (κ2) is 12.1. The number of para-hydroxylation sites is 1. The van der Waals surface area contributed by atoms with Gasteiger partial charge in [0.05, 0.1) is 11.7 Å². The van der Waals surface area contributed by atoms with Gasteiger partial charge >= 0.3 is 6.36 Å². The molecule has 1 N–H and O–H groups in total. The summed E-state index contributed by atoms with van der Waals surface area (Å²) in [6.45, 7) is 2.27. The highest BCUT2D eigenvalue weighted by Gasteiger charge is 2.32. The minimum absolute atomic E-state index is 0.194. The lowest BCUT2D eigenvalue weighted by atomic mass is 9.94. The van der Waals surface area contributed by atoms with E-state index in [1.807, 2.05) is 0 Å². The van der Waals surface area contributed by atoms with Crippen LogP contribution in [0.3, 0.4) is 0 Å². The van der Waals surface area contributed by atoms with Gasteiger partial charge in [0.15, 0.2) is 11.6 Å². The average molecular weight is 518 g/mol. The smallest absolute Gasteiger partial charge is 0.489 e. The first-order valence-corrected chi connectivity index (χ1v) is 12.0. The van der Waals surface area contributed by atoms with Gasteiger partial charge in [0.2, 0.25) is 5.91 Å². The maximum Gasteiger partial charge on any atom is 0.573 e. The largest absolute Gasteiger partial charge is 0.573 e. The molecule has 1 unspecified atom stereocenters. The second-order valence-electron chi connectivity index (χ2n) is 8.71. The van der Waals surface area contributed by atoms with Crippen molar-refractivity contribution in [2.75, 3.05) is 26.2 Å². The fraction of sp³-hybridized carbons (Fsp3) is 0.333. The van der Waals surface area contributed by atoms with E-state index in [0.29, 0.717) is 50.3 Å². The molecule has 1 aromatic heterocycles. The van der Waals surface area contributed by atoms with Crippen molar-refractivity contribution < 1.29 is 31.8 Å². The van der Waals surface area contributed by atoms with Crippen molar-refractivity contribution in [1.82, 2.24) is 15.2 Å². The van der Waals surface area contributed by atoms with Crippen molar-refractivity contribution in [2.45, 2.75) is 25.2 Å². The van der Waals surface area contributed by atoms with E-state index in [1.54, 1.807) is 48.7 Å². The van der Waals surface area contributed by atoms with Crippen molar-refractivity contribution in [3.8, 4) is 11.5 Å². The molecule has 1 fully saturated rings. The summed E-state index contributed by atoms with van der Waals surface area (Å²) in [5.41, 5.74) is 0.930. The standard InChI is InChI=1S/C27H27F4N3O3/c28-22-8-1-2-10-24(22)36-17-16-34-14-11-19(12-15-34)26(35)33-25(23-9-3-4-13-32-23)20-6-5-7-21(18-20)37-27(29,30)31/h1-10,13,18-19,25H,11-12,14-17H2,(H,33,35). The number of carbonyl (C=O) groups excluding carboxylic acids is 1. The second-order valence-corrected chi connectivity index (χ2v) is 8.71. The van der Waals surface area contributed by atoms with Gasteiger partial charge in [-0.3, -0.25) is 14.7 Å². The number of ether oxygens (including phenoxy) is 2. The van der Waals surface area contributed by atoms with E-state index < -0.39 is 18.2 Å². The Kier molecular flexibility index (Phi) is 8.60. The lowest BCUT2D eigenvalue weighted by Crippen LogP contribution is -2.43. The van der Waals surface area contributed by atoms with Crippen LogP contribution in [0.25, 0.3) is 0 Å². The van der Waals surface area contributed by atoms with E-state index in [-0.39, 0.29) is 23.3 Å². The van der Waals surface area contributed by atoms with Crippen LogP contribution in [0.5, 0.6) is 11.5 Å². The predicted molar refractivity (Wildman–Crippen MR) is 128 cm³/mol. The molecule has 0 radical (unpaired) electrons. The van der Waals surface area contributed by atoms with Crippen molar-refractivity contribution in [3.05, 3.63) is 90.0 Å². The molecule has 2 heterocycles. The number of nitrogens with zero attached hydrogens (tertiary/aromatic N) is 2. The third-order valence-corrected chi connectivity index (χ3v) is 6.16. The van der Waals surface area contributed by atoms with E-state index in [2.05, 4.69) is 19.9 Å². The maximum atomic E-state index is 13.7. The first-order valence-electron chi connectivity index (χ1n) is 12.0. The number of carbonyl (C=O) groups is 1. The molecule has 37 heavy (non-hydrogen) atoms. The van der Waals surface area contributed by atoms with Gasteiger partial charge in [-0.15, -0.1) is 13.2 Å². The van der Waals surface area contributed by atoms with Crippen LogP contribution in [0.2, 0.25) is 0 Å². The van der Waals surface area contributed by atoms with Gasteiger partial charge in [-0.05, 0) is 67.9 Å². The number of pyridine rings is 1. The molecule has 6 nitrogen and oxygen atoms in total. The molecule has 10 heteroatoms. The number of nitrogens with one attached hydrogen (secondary N) is 1. The minimum atomic E-state index is -4.82. The summed E-state index contributed by atoms with van der Waals surface area (Å²) < 4.78 is 61.5. The number of alkyl halides is 3. The number of hydrogen-bond acceptors (Lipinski definition) is 5. The molecule has 1 aliphatic heterocycles. The summed E-state index contributed by atoms with van der Waals surface area (Å²) >= 11 is 0. The van der Waals surface area contributed by atoms with Crippen molar-refractivity contribution in [3.63, 3.8) is 0 Å². The maximum absolute atomic E-state index is 13.7. The molecule has 0 saturated carbocycles. The zero-order valence-electron chi connectivity index (χ0n) is 20.0. The third-order valence-electron chi connectivity index (χ3n) is 6.16. The highest BCUT2D eigenvalue weighted by Crippen LogP contribution is 2.29. The molecule has 0 spiro atoms. The Morgan fingerprint density at radius 3 is 2.51 bits per heavy atom. The molecule has 0 aliphatic carbocycles. The lowest BCUT2D eigenvalue weighted by molar-refractivity contribution is -0.274. The van der Waals surface area contributed by atoms with Crippen molar-refractivity contribution in [2.24, 2.45) is 5.92 Å². The number of hydrogen-bond donors (Lipinski definition) is 1. The summed E-state index contributed by atoms with van der Waals surface area (Å²) in [7, 11) is 0. The molecule has 1 atom stereocenters. The quantitative estimate of drug-likeness (QED) is 0.400. The van der Waals surface area contributed by atoms with Crippen LogP contribution < -0.4 is 14.8 Å². The topological polar surface area (TPSA) is 63.7 Å². The molecule has 3 aromatic rings. The first kappa shape index (κ1) is 26.4. The minimum Gasteiger partial charge on any atom is -0.489 e. The number of rotatable bonds is 9. The molecule has 2 aromatic carbocycles. The van der Waals surface area contributed by atoms with Crippen molar-refractivity contribution >= 4 is 5.91 Å². The van der Waals surface area contributed by atoms with E-state index in [9.17, 15) is 22.4 Å². The summed E-state index contributed by atoms with van der Waals surface area (Å²) in [6, 6.07) is 16.2. The number of amides is 1. The van der Waals surface area contributed by atoms with Crippen LogP contribution in [0.15, 0.2) is 72.9 Å². The number of aromatic nitrogens is 1. The predicted octanol–water partition coefficient (Wildman–Crippen LogP) is 5.12. The zero-order valence-corrected chi connectivity index (χ0v) is 20.0. The Bertz CT molecular complexity index is 1170. The molecular formula is C27H27F4N3O3. The fourth-order valence-corrected chi connectivity index (χ4v) is 4.29. The third kappa shape index (κ3) is 7.66. The molecule has 1 aliphatic rings. The SMILES string of the molecule is O=C(NC(c1cccc(OC(F)(F)F)c1)c1ccccn1)C1CCN(CCOc2ccccc2F)CC1. The molecule has 0 bridgehead atoms. The van der Waals surface area contributed by atoms with Crippen LogP contribution in [0, 0.1) is 11.7 Å². The van der Waals surface area contributed by atoms with Crippen LogP contribution >= 0.6 is 0 Å². The van der Waals surface area contributed by atoms with Crippen LogP contribution in [0.4, 0.5) is 17.6 Å². The van der Waals surface area contributed by atoms with E-state index >= 15 is 0 Å². The molecule has 196 valence electrons. The van der Waals surface area contributed by atoms with Gasteiger partial charge < -0.3 is 14.8 Å². The normalized spacial score (nSPS) is 15.7. The molecule has 4 rings (SSSR count). The number of halogens is 4. The van der Waals surface area contributed by atoms with Gasteiger partial charge in [0.25, 0.3) is 0 Å². The fourth-order valence-electron chi connectivity index (χ4n) is 4.29. The highest BCUT2D eigenvalue weighted by molar-refractivity contribution is 5.79. The Labute approximate surface area is 212 Å². The van der Waals surface area contributed by atoms with Crippen LogP contribution in [-0.4, -0.2) is 48.4 Å². The number of piperidine rings is 1. The Morgan fingerprint density at radius 1 is 1.05 bits per heavy atom. The first-order chi connectivity index (χ1) is 17.8. The van der Waals surface area contributed by atoms with Gasteiger partial charge in [0, 0.05) is 18.7 Å². The lowest BCUT2D eigenvalue weighted by Gasteiger charge is -2.32. The van der Waals surface area contributed by atoms with Gasteiger partial charge in [0.1, 0.15) is 12.4 Å². The Hall–Kier alpha value is -3.66. The molecular weight excluding hydrogens is 490 g/mol. The van der Waals surface area contributed by atoms with E-state index in [4.69, 9.17) is 4.74 Å². The van der Waals surface area contributed by atoms with E-state index in [1.165, 1.54) is 24.3 Å². The summed E-state index contributed by atoms with van der Waals surface area (Å²) in [5.74, 6) is -1.02. The Balaban J connectivity index is 1.35. The van der Waals surface area contributed by atoms with Gasteiger partial charge in [-0.2, -0.15) is 0 Å². The van der Waals surface area contributed by atoms with Crippen molar-refractivity contribution in [1.29, 1.82) is 0 Å². The summed E-state index contributed by atoms with van der Waals surface area (Å²) in [6.07, 6.45) is -2.04.